The largest absolute Gasteiger partial charge is 0.388 e. The number of hydrogen-bond acceptors (Lipinski definition) is 2. The molecular formula is C10H11Cl2NO. The summed E-state index contributed by atoms with van der Waals surface area (Å²) >= 11 is 11.7. The molecule has 2 N–H and O–H groups in total. The van der Waals surface area contributed by atoms with Gasteiger partial charge in [-0.15, -0.1) is 0 Å². The van der Waals surface area contributed by atoms with Gasteiger partial charge in [-0.2, -0.15) is 0 Å². The third kappa shape index (κ3) is 2.04. The van der Waals surface area contributed by atoms with Gasteiger partial charge in [-0.25, -0.2) is 0 Å². The van der Waals surface area contributed by atoms with Gasteiger partial charge in [-0.3, -0.25) is 0 Å². The van der Waals surface area contributed by atoms with E-state index in [4.69, 9.17) is 23.2 Å². The molecule has 2 rings (SSSR count). The molecule has 1 saturated heterocycles. The van der Waals surface area contributed by atoms with E-state index in [1.54, 1.807) is 18.2 Å². The molecule has 0 radical (unpaired) electrons. The van der Waals surface area contributed by atoms with E-state index < -0.39 is 6.10 Å². The molecular weight excluding hydrogens is 221 g/mol. The van der Waals surface area contributed by atoms with Crippen LogP contribution in [0, 0.1) is 5.92 Å². The van der Waals surface area contributed by atoms with Crippen LogP contribution in [0.1, 0.15) is 11.7 Å². The number of halogens is 2. The average Bonchev–Trinajstić information content (AvgIpc) is 1.98. The lowest BCUT2D eigenvalue weighted by atomic mass is 9.91. The minimum Gasteiger partial charge on any atom is -0.388 e. The third-order valence-electron chi connectivity index (χ3n) is 2.49. The van der Waals surface area contributed by atoms with Crippen molar-refractivity contribution in [2.24, 2.45) is 5.92 Å². The van der Waals surface area contributed by atoms with Gasteiger partial charge in [-0.05, 0) is 23.8 Å². The lowest BCUT2D eigenvalue weighted by Crippen LogP contribution is -2.45. The normalized spacial score (nSPS) is 19.1. The zero-order valence-corrected chi connectivity index (χ0v) is 9.02. The van der Waals surface area contributed by atoms with Gasteiger partial charge in [0.15, 0.2) is 0 Å². The first-order valence-electron chi connectivity index (χ1n) is 4.51. The van der Waals surface area contributed by atoms with Crippen LogP contribution in [0.2, 0.25) is 10.0 Å². The van der Waals surface area contributed by atoms with Crippen molar-refractivity contribution in [2.75, 3.05) is 13.1 Å². The highest BCUT2D eigenvalue weighted by molar-refractivity contribution is 6.34. The molecule has 76 valence electrons. The van der Waals surface area contributed by atoms with Crippen molar-refractivity contribution in [3.05, 3.63) is 33.8 Å². The van der Waals surface area contributed by atoms with Gasteiger partial charge in [0.2, 0.25) is 0 Å². The first-order valence-corrected chi connectivity index (χ1v) is 5.27. The molecule has 1 aromatic rings. The van der Waals surface area contributed by atoms with Gasteiger partial charge in [0.25, 0.3) is 0 Å². The van der Waals surface area contributed by atoms with Crippen LogP contribution in [0.4, 0.5) is 0 Å². The van der Waals surface area contributed by atoms with E-state index in [2.05, 4.69) is 5.32 Å². The van der Waals surface area contributed by atoms with E-state index in [-0.39, 0.29) is 5.92 Å². The lowest BCUT2D eigenvalue weighted by molar-refractivity contribution is 0.0767. The first-order chi connectivity index (χ1) is 6.66. The van der Waals surface area contributed by atoms with Crippen molar-refractivity contribution >= 4 is 23.2 Å². The molecule has 0 bridgehead atoms. The second-order valence-corrected chi connectivity index (χ2v) is 4.44. The molecule has 1 atom stereocenters. The van der Waals surface area contributed by atoms with E-state index >= 15 is 0 Å². The Morgan fingerprint density at radius 2 is 1.79 bits per heavy atom. The smallest absolute Gasteiger partial charge is 0.0843 e. The Bertz CT molecular complexity index is 319. The molecule has 2 nitrogen and oxygen atoms in total. The number of hydrogen-bond donors (Lipinski definition) is 2. The van der Waals surface area contributed by atoms with Gasteiger partial charge < -0.3 is 10.4 Å². The van der Waals surface area contributed by atoms with Crippen LogP contribution >= 0.6 is 23.2 Å². The molecule has 0 saturated carbocycles. The van der Waals surface area contributed by atoms with Crippen molar-refractivity contribution < 1.29 is 5.11 Å². The van der Waals surface area contributed by atoms with E-state index in [1.165, 1.54) is 0 Å². The molecule has 1 unspecified atom stereocenters. The van der Waals surface area contributed by atoms with Crippen LogP contribution < -0.4 is 5.32 Å². The number of aliphatic hydroxyl groups is 1. The standard InChI is InChI=1S/C10H11Cl2NO/c11-8-1-6(2-9(12)3-8)10(14)7-4-13-5-7/h1-3,7,10,13-14H,4-5H2. The van der Waals surface area contributed by atoms with Crippen LogP contribution in [0.15, 0.2) is 18.2 Å². The summed E-state index contributed by atoms with van der Waals surface area (Å²) in [5, 5.41) is 14.2. The number of nitrogens with one attached hydrogen (secondary N) is 1. The van der Waals surface area contributed by atoms with Crippen molar-refractivity contribution in [3.8, 4) is 0 Å². The Balaban J connectivity index is 2.21. The van der Waals surface area contributed by atoms with Crippen LogP contribution in [-0.2, 0) is 0 Å². The molecule has 14 heavy (non-hydrogen) atoms. The fourth-order valence-electron chi connectivity index (χ4n) is 1.55. The Morgan fingerprint density at radius 1 is 1.21 bits per heavy atom. The highest BCUT2D eigenvalue weighted by Gasteiger charge is 2.26. The molecule has 0 aromatic heterocycles. The number of rotatable bonds is 2. The van der Waals surface area contributed by atoms with Crippen molar-refractivity contribution in [1.82, 2.24) is 5.32 Å². The topological polar surface area (TPSA) is 32.3 Å². The van der Waals surface area contributed by atoms with Crippen molar-refractivity contribution in [2.45, 2.75) is 6.10 Å². The number of aliphatic hydroxyl groups excluding tert-OH is 1. The molecule has 1 aliphatic rings. The molecule has 0 aliphatic carbocycles. The number of benzene rings is 1. The predicted octanol–water partition coefficient (Wildman–Crippen LogP) is 2.25. The fraction of sp³-hybridized carbons (Fsp3) is 0.400. The van der Waals surface area contributed by atoms with Crippen LogP contribution in [0.3, 0.4) is 0 Å². The molecule has 0 amide bonds. The zero-order chi connectivity index (χ0) is 10.1. The van der Waals surface area contributed by atoms with Crippen molar-refractivity contribution in [3.63, 3.8) is 0 Å². The molecule has 1 heterocycles. The zero-order valence-electron chi connectivity index (χ0n) is 7.50. The Kier molecular flexibility index (Phi) is 2.98. The summed E-state index contributed by atoms with van der Waals surface area (Å²) in [4.78, 5) is 0. The molecule has 1 aliphatic heterocycles. The second kappa shape index (κ2) is 4.07. The molecule has 0 spiro atoms. The fourth-order valence-corrected chi connectivity index (χ4v) is 2.10. The van der Waals surface area contributed by atoms with Gasteiger partial charge in [0, 0.05) is 29.1 Å². The SMILES string of the molecule is OC(c1cc(Cl)cc(Cl)c1)C1CNC1. The maximum Gasteiger partial charge on any atom is 0.0843 e. The quantitative estimate of drug-likeness (QED) is 0.819. The summed E-state index contributed by atoms with van der Waals surface area (Å²) in [7, 11) is 0. The van der Waals surface area contributed by atoms with E-state index in [9.17, 15) is 5.11 Å². The predicted molar refractivity (Wildman–Crippen MR) is 57.8 cm³/mol. The monoisotopic (exact) mass is 231 g/mol. The van der Waals surface area contributed by atoms with Crippen LogP contribution in [0.25, 0.3) is 0 Å². The van der Waals surface area contributed by atoms with Gasteiger partial charge in [0.1, 0.15) is 0 Å². The minimum atomic E-state index is -0.465. The summed E-state index contributed by atoms with van der Waals surface area (Å²) in [5.74, 6) is 0.282. The van der Waals surface area contributed by atoms with E-state index in [1.807, 2.05) is 0 Å². The van der Waals surface area contributed by atoms with Gasteiger partial charge in [-0.1, -0.05) is 23.2 Å². The Labute approximate surface area is 92.8 Å². The second-order valence-electron chi connectivity index (χ2n) is 3.57. The molecule has 1 fully saturated rings. The van der Waals surface area contributed by atoms with Crippen molar-refractivity contribution in [1.29, 1.82) is 0 Å². The van der Waals surface area contributed by atoms with E-state index in [0.717, 1.165) is 18.7 Å². The molecule has 4 heteroatoms. The highest BCUT2D eigenvalue weighted by Crippen LogP contribution is 2.29. The maximum absolute atomic E-state index is 9.93. The molecule has 1 aromatic carbocycles. The first kappa shape index (κ1) is 10.2. The van der Waals surface area contributed by atoms with E-state index in [0.29, 0.717) is 10.0 Å². The Hall–Kier alpha value is -0.280. The summed E-state index contributed by atoms with van der Waals surface area (Å²) in [5.41, 5.74) is 0.800. The maximum atomic E-state index is 9.93. The lowest BCUT2D eigenvalue weighted by Gasteiger charge is -2.31. The average molecular weight is 232 g/mol. The Morgan fingerprint density at radius 3 is 2.21 bits per heavy atom. The van der Waals surface area contributed by atoms with Gasteiger partial charge >= 0.3 is 0 Å². The van der Waals surface area contributed by atoms with Crippen LogP contribution in [-0.4, -0.2) is 18.2 Å². The van der Waals surface area contributed by atoms with Gasteiger partial charge in [0.05, 0.1) is 6.10 Å². The highest BCUT2D eigenvalue weighted by atomic mass is 35.5. The minimum absolute atomic E-state index is 0.282. The summed E-state index contributed by atoms with van der Waals surface area (Å²) < 4.78 is 0. The summed E-state index contributed by atoms with van der Waals surface area (Å²) in [6.45, 7) is 1.70. The summed E-state index contributed by atoms with van der Waals surface area (Å²) in [6.07, 6.45) is -0.465. The third-order valence-corrected chi connectivity index (χ3v) is 2.92. The van der Waals surface area contributed by atoms with Crippen LogP contribution in [0.5, 0.6) is 0 Å². The summed E-state index contributed by atoms with van der Waals surface area (Å²) in [6, 6.07) is 5.19.